The molecule has 7 nitrogen and oxygen atoms in total. The van der Waals surface area contributed by atoms with E-state index in [1.54, 1.807) is 30.3 Å². The molecule has 0 bridgehead atoms. The number of anilines is 1. The Morgan fingerprint density at radius 3 is 2.47 bits per heavy atom. The van der Waals surface area contributed by atoms with Crippen LogP contribution < -0.4 is 10.5 Å². The third-order valence-electron chi connectivity index (χ3n) is 6.61. The van der Waals surface area contributed by atoms with Crippen LogP contribution in [0, 0.1) is 16.0 Å². The maximum atomic E-state index is 12.0. The molecule has 0 spiro atoms. The molecule has 3 N–H and O–H groups in total. The first-order valence-corrected chi connectivity index (χ1v) is 13.6. The number of nitrogens with two attached hydrogens (primary N) is 1. The van der Waals surface area contributed by atoms with Gasteiger partial charge in [-0.05, 0) is 47.7 Å². The second-order valence-corrected chi connectivity index (χ2v) is 11.9. The molecule has 0 amide bonds. The molecule has 1 heterocycles. The summed E-state index contributed by atoms with van der Waals surface area (Å²) in [6.07, 6.45) is 0.709. The molecule has 1 fully saturated rings. The lowest BCUT2D eigenvalue weighted by Crippen LogP contribution is -2.31. The van der Waals surface area contributed by atoms with Gasteiger partial charge in [0.05, 0.1) is 26.1 Å². The molecule has 0 radical (unpaired) electrons. The number of fused-ring (bicyclic) bond motifs is 3. The molecule has 5 unspecified atom stereocenters. The standard InChI is InChI=1S/C24H22ClN3O4S2/c25-23-21(33-20-9-5-4-8-19(20)28(29)30)13-17-22(23)16-12-15(34(26,31)32)10-11-18(16)27-24(17)14-6-2-1-3-7-14/h1-12,17,21-24,27H,13H2,(H2,26,31,32). The van der Waals surface area contributed by atoms with Gasteiger partial charge < -0.3 is 5.32 Å². The first-order valence-electron chi connectivity index (χ1n) is 10.8. The zero-order valence-corrected chi connectivity index (χ0v) is 20.3. The highest BCUT2D eigenvalue weighted by molar-refractivity contribution is 8.00. The van der Waals surface area contributed by atoms with Gasteiger partial charge >= 0.3 is 0 Å². The zero-order chi connectivity index (χ0) is 24.0. The number of alkyl halides is 1. The summed E-state index contributed by atoms with van der Waals surface area (Å²) in [6.45, 7) is 0. The van der Waals surface area contributed by atoms with Gasteiger partial charge in [0.2, 0.25) is 10.0 Å². The number of nitrogens with one attached hydrogen (secondary N) is 1. The number of nitro benzene ring substituents is 1. The highest BCUT2D eigenvalue weighted by Crippen LogP contribution is 2.58. The minimum Gasteiger partial charge on any atom is -0.378 e. The maximum absolute atomic E-state index is 12.0. The monoisotopic (exact) mass is 515 g/mol. The Balaban J connectivity index is 1.57. The first-order chi connectivity index (χ1) is 16.2. The highest BCUT2D eigenvalue weighted by Gasteiger charge is 2.50. The average molecular weight is 516 g/mol. The molecule has 3 aromatic rings. The lowest BCUT2D eigenvalue weighted by molar-refractivity contribution is -0.387. The van der Waals surface area contributed by atoms with Gasteiger partial charge in [-0.3, -0.25) is 10.1 Å². The molecule has 5 rings (SSSR count). The van der Waals surface area contributed by atoms with E-state index >= 15 is 0 Å². The Kier molecular flexibility index (Phi) is 6.05. The van der Waals surface area contributed by atoms with Crippen LogP contribution in [0.3, 0.4) is 0 Å². The zero-order valence-electron chi connectivity index (χ0n) is 17.9. The number of thioether (sulfide) groups is 1. The fraction of sp³-hybridized carbons (Fsp3) is 0.250. The molecule has 5 atom stereocenters. The topological polar surface area (TPSA) is 115 Å². The Labute approximate surface area is 206 Å². The fourth-order valence-electron chi connectivity index (χ4n) is 5.13. The van der Waals surface area contributed by atoms with Crippen LogP contribution in [0.25, 0.3) is 0 Å². The van der Waals surface area contributed by atoms with Crippen molar-refractivity contribution in [2.45, 2.75) is 38.8 Å². The van der Waals surface area contributed by atoms with Crippen LogP contribution in [0.2, 0.25) is 0 Å². The quantitative estimate of drug-likeness (QED) is 0.271. The second kappa shape index (κ2) is 8.88. The third kappa shape index (κ3) is 4.17. The van der Waals surface area contributed by atoms with Gasteiger partial charge in [0.25, 0.3) is 5.69 Å². The van der Waals surface area contributed by atoms with Gasteiger partial charge in [-0.2, -0.15) is 0 Å². The normalized spacial score (nSPS) is 25.8. The number of halogens is 1. The van der Waals surface area contributed by atoms with E-state index in [9.17, 15) is 18.5 Å². The number of nitrogens with zero attached hydrogens (tertiary/aromatic N) is 1. The molecular weight excluding hydrogens is 494 g/mol. The van der Waals surface area contributed by atoms with Crippen molar-refractivity contribution in [2.24, 2.45) is 11.1 Å². The predicted octanol–water partition coefficient (Wildman–Crippen LogP) is 5.28. The van der Waals surface area contributed by atoms with Crippen molar-refractivity contribution < 1.29 is 13.3 Å². The number of nitro groups is 1. The lowest BCUT2D eigenvalue weighted by Gasteiger charge is -2.38. The molecular formula is C24H22ClN3O4S2. The highest BCUT2D eigenvalue weighted by atomic mass is 35.5. The van der Waals surface area contributed by atoms with Crippen molar-refractivity contribution >= 4 is 44.8 Å². The molecule has 0 saturated heterocycles. The van der Waals surface area contributed by atoms with Crippen LogP contribution in [-0.4, -0.2) is 24.0 Å². The van der Waals surface area contributed by atoms with Gasteiger partial charge in [0.15, 0.2) is 0 Å². The number of para-hydroxylation sites is 1. The SMILES string of the molecule is NS(=O)(=O)c1ccc2c(c1)C1C(Cl)C(Sc3ccccc3[N+](=O)[O-])CC1C(c1ccccc1)N2. The molecule has 176 valence electrons. The van der Waals surface area contributed by atoms with Crippen molar-refractivity contribution in [3.63, 3.8) is 0 Å². The summed E-state index contributed by atoms with van der Waals surface area (Å²) in [5.74, 6) is -0.0847. The van der Waals surface area contributed by atoms with Crippen LogP contribution in [0.4, 0.5) is 11.4 Å². The van der Waals surface area contributed by atoms with Gasteiger partial charge in [-0.25, -0.2) is 13.6 Å². The number of primary sulfonamides is 1. The van der Waals surface area contributed by atoms with E-state index in [1.165, 1.54) is 23.9 Å². The van der Waals surface area contributed by atoms with Crippen LogP contribution in [-0.2, 0) is 10.0 Å². The van der Waals surface area contributed by atoms with E-state index in [2.05, 4.69) is 17.4 Å². The Morgan fingerprint density at radius 1 is 1.06 bits per heavy atom. The van der Waals surface area contributed by atoms with Gasteiger partial charge in [-0.15, -0.1) is 23.4 Å². The van der Waals surface area contributed by atoms with Crippen LogP contribution in [0.5, 0.6) is 0 Å². The molecule has 34 heavy (non-hydrogen) atoms. The molecule has 1 aliphatic carbocycles. The summed E-state index contributed by atoms with van der Waals surface area (Å²) in [5.41, 5.74) is 2.80. The molecule has 2 aliphatic rings. The van der Waals surface area contributed by atoms with E-state index in [-0.39, 0.29) is 44.0 Å². The molecule has 1 saturated carbocycles. The van der Waals surface area contributed by atoms with Crippen molar-refractivity contribution in [3.8, 4) is 0 Å². The number of hydrogen-bond acceptors (Lipinski definition) is 6. The fourth-order valence-corrected chi connectivity index (χ4v) is 7.63. The van der Waals surface area contributed by atoms with E-state index in [0.29, 0.717) is 11.3 Å². The van der Waals surface area contributed by atoms with Gasteiger partial charge in [-0.1, -0.05) is 42.5 Å². The Bertz CT molecular complexity index is 1350. The summed E-state index contributed by atoms with van der Waals surface area (Å²) in [5, 5.41) is 20.1. The lowest BCUT2D eigenvalue weighted by atomic mass is 9.77. The summed E-state index contributed by atoms with van der Waals surface area (Å²) < 4.78 is 24.1. The molecule has 10 heteroatoms. The Hall–Kier alpha value is -2.59. The van der Waals surface area contributed by atoms with Crippen molar-refractivity contribution in [2.75, 3.05) is 5.32 Å². The average Bonchev–Trinajstić information content (AvgIpc) is 3.14. The third-order valence-corrected chi connectivity index (χ3v) is 9.64. The van der Waals surface area contributed by atoms with Crippen molar-refractivity contribution in [3.05, 3.63) is 94.0 Å². The molecule has 3 aromatic carbocycles. The molecule has 0 aromatic heterocycles. The van der Waals surface area contributed by atoms with Crippen LogP contribution >= 0.6 is 23.4 Å². The predicted molar refractivity (Wildman–Crippen MR) is 134 cm³/mol. The van der Waals surface area contributed by atoms with Crippen molar-refractivity contribution in [1.29, 1.82) is 0 Å². The van der Waals surface area contributed by atoms with Gasteiger partial charge in [0, 0.05) is 22.9 Å². The number of hydrogen-bond donors (Lipinski definition) is 2. The summed E-state index contributed by atoms with van der Waals surface area (Å²) in [4.78, 5) is 11.8. The minimum atomic E-state index is -3.88. The second-order valence-electron chi connectivity index (χ2n) is 8.58. The van der Waals surface area contributed by atoms with E-state index in [0.717, 1.165) is 16.8 Å². The van der Waals surface area contributed by atoms with E-state index in [4.69, 9.17) is 16.7 Å². The first kappa shape index (κ1) is 23.2. The summed E-state index contributed by atoms with van der Waals surface area (Å²) in [6, 6.07) is 21.5. The summed E-state index contributed by atoms with van der Waals surface area (Å²) >= 11 is 8.50. The van der Waals surface area contributed by atoms with Crippen LogP contribution in [0.1, 0.15) is 29.5 Å². The number of rotatable bonds is 5. The summed E-state index contributed by atoms with van der Waals surface area (Å²) in [7, 11) is -3.88. The van der Waals surface area contributed by atoms with Gasteiger partial charge in [0.1, 0.15) is 0 Å². The Morgan fingerprint density at radius 2 is 1.76 bits per heavy atom. The largest absolute Gasteiger partial charge is 0.378 e. The number of benzene rings is 3. The minimum absolute atomic E-state index is 0.0309. The van der Waals surface area contributed by atoms with E-state index in [1.807, 2.05) is 18.2 Å². The van der Waals surface area contributed by atoms with Crippen LogP contribution in [0.15, 0.2) is 82.6 Å². The maximum Gasteiger partial charge on any atom is 0.282 e. The van der Waals surface area contributed by atoms with E-state index < -0.39 is 10.0 Å². The van der Waals surface area contributed by atoms with Crippen molar-refractivity contribution in [1.82, 2.24) is 0 Å². The number of sulfonamides is 1. The smallest absolute Gasteiger partial charge is 0.282 e. The molecule has 1 aliphatic heterocycles.